The van der Waals surface area contributed by atoms with Crippen molar-refractivity contribution in [3.05, 3.63) is 29.8 Å². The van der Waals surface area contributed by atoms with Crippen LogP contribution in [0, 0.1) is 0 Å². The van der Waals surface area contributed by atoms with Crippen molar-refractivity contribution in [2.24, 2.45) is 5.73 Å². The molecule has 1 atom stereocenters. The summed E-state index contributed by atoms with van der Waals surface area (Å²) >= 11 is 0. The SMILES string of the molecule is CCC(N)(CC)C1CS(=O)(=O)c2ccccc21. The summed E-state index contributed by atoms with van der Waals surface area (Å²) in [5.74, 6) is 0.0866. The van der Waals surface area contributed by atoms with E-state index in [0.717, 1.165) is 18.4 Å². The molecule has 0 saturated heterocycles. The zero-order valence-corrected chi connectivity index (χ0v) is 11.1. The fraction of sp³-hybridized carbons (Fsp3) is 0.538. The van der Waals surface area contributed by atoms with Gasteiger partial charge in [-0.1, -0.05) is 32.0 Å². The number of rotatable bonds is 3. The molecule has 94 valence electrons. The van der Waals surface area contributed by atoms with Gasteiger partial charge in [-0.05, 0) is 24.5 Å². The van der Waals surface area contributed by atoms with Gasteiger partial charge < -0.3 is 5.73 Å². The molecule has 0 aromatic heterocycles. The number of hydrogen-bond donors (Lipinski definition) is 1. The minimum absolute atomic E-state index is 0.0706. The molecular formula is C13H19NO2S. The van der Waals surface area contributed by atoms with Gasteiger partial charge in [-0.15, -0.1) is 0 Å². The van der Waals surface area contributed by atoms with E-state index in [2.05, 4.69) is 0 Å². The summed E-state index contributed by atoms with van der Waals surface area (Å²) < 4.78 is 24.2. The maximum absolute atomic E-state index is 12.1. The normalized spacial score (nSPS) is 22.4. The van der Waals surface area contributed by atoms with Crippen molar-refractivity contribution in [1.82, 2.24) is 0 Å². The second-order valence-corrected chi connectivity index (χ2v) is 6.81. The predicted molar refractivity (Wildman–Crippen MR) is 68.7 cm³/mol. The molecular weight excluding hydrogens is 234 g/mol. The molecule has 4 heteroatoms. The maximum atomic E-state index is 12.1. The zero-order chi connectivity index (χ0) is 12.7. The molecule has 3 nitrogen and oxygen atoms in total. The highest BCUT2D eigenvalue weighted by molar-refractivity contribution is 7.91. The monoisotopic (exact) mass is 253 g/mol. The molecule has 1 aromatic carbocycles. The van der Waals surface area contributed by atoms with Crippen LogP contribution >= 0.6 is 0 Å². The lowest BCUT2D eigenvalue weighted by Gasteiger charge is -2.33. The lowest BCUT2D eigenvalue weighted by Crippen LogP contribution is -2.45. The molecule has 1 unspecified atom stereocenters. The molecule has 0 aliphatic carbocycles. The Hall–Kier alpha value is -0.870. The number of fused-ring (bicyclic) bond motifs is 1. The van der Waals surface area contributed by atoms with E-state index >= 15 is 0 Å². The van der Waals surface area contributed by atoms with Crippen LogP contribution in [-0.2, 0) is 9.84 Å². The van der Waals surface area contributed by atoms with Crippen molar-refractivity contribution < 1.29 is 8.42 Å². The number of hydrogen-bond acceptors (Lipinski definition) is 3. The molecule has 0 spiro atoms. The molecule has 2 N–H and O–H groups in total. The van der Waals surface area contributed by atoms with Crippen LogP contribution in [0.3, 0.4) is 0 Å². The quantitative estimate of drug-likeness (QED) is 0.897. The van der Waals surface area contributed by atoms with Crippen molar-refractivity contribution in [3.8, 4) is 0 Å². The molecule has 1 aromatic rings. The maximum Gasteiger partial charge on any atom is 0.179 e. The summed E-state index contributed by atoms with van der Waals surface area (Å²) in [6.45, 7) is 4.05. The van der Waals surface area contributed by atoms with Crippen LogP contribution in [0.25, 0.3) is 0 Å². The molecule has 2 rings (SSSR count). The highest BCUT2D eigenvalue weighted by Crippen LogP contribution is 2.42. The third-order valence-corrected chi connectivity index (χ3v) is 5.84. The topological polar surface area (TPSA) is 60.2 Å². The first kappa shape index (κ1) is 12.6. The first-order valence-corrected chi connectivity index (χ1v) is 7.70. The van der Waals surface area contributed by atoms with Crippen LogP contribution in [0.4, 0.5) is 0 Å². The van der Waals surface area contributed by atoms with Gasteiger partial charge in [0.2, 0.25) is 0 Å². The Morgan fingerprint density at radius 2 is 1.88 bits per heavy atom. The molecule has 1 aliphatic heterocycles. The Labute approximate surface area is 103 Å². The van der Waals surface area contributed by atoms with Gasteiger partial charge in [0.1, 0.15) is 0 Å². The van der Waals surface area contributed by atoms with E-state index in [-0.39, 0.29) is 11.7 Å². The summed E-state index contributed by atoms with van der Waals surface area (Å²) in [6, 6.07) is 7.25. The van der Waals surface area contributed by atoms with Crippen molar-refractivity contribution in [2.45, 2.75) is 43.0 Å². The summed E-state index contributed by atoms with van der Waals surface area (Å²) in [5.41, 5.74) is 6.86. The summed E-state index contributed by atoms with van der Waals surface area (Å²) in [7, 11) is -3.14. The van der Waals surface area contributed by atoms with E-state index < -0.39 is 15.4 Å². The lowest BCUT2D eigenvalue weighted by molar-refractivity contribution is 0.339. The number of sulfone groups is 1. The zero-order valence-electron chi connectivity index (χ0n) is 10.3. The molecule has 0 saturated carbocycles. The van der Waals surface area contributed by atoms with E-state index in [0.29, 0.717) is 4.90 Å². The standard InChI is InChI=1S/C13H19NO2S/c1-3-13(14,4-2)11-9-17(15,16)12-8-6-5-7-10(11)12/h5-8,11H,3-4,9,14H2,1-2H3. The van der Waals surface area contributed by atoms with Gasteiger partial charge in [0.05, 0.1) is 10.6 Å². The highest BCUT2D eigenvalue weighted by Gasteiger charge is 2.43. The van der Waals surface area contributed by atoms with Crippen molar-refractivity contribution in [1.29, 1.82) is 0 Å². The molecule has 0 fully saturated rings. The van der Waals surface area contributed by atoms with Crippen LogP contribution in [0.2, 0.25) is 0 Å². The Morgan fingerprint density at radius 1 is 1.29 bits per heavy atom. The van der Waals surface area contributed by atoms with Crippen LogP contribution in [0.15, 0.2) is 29.2 Å². The average Bonchev–Trinajstić information content (AvgIpc) is 2.62. The second-order valence-electron chi connectivity index (χ2n) is 4.81. The largest absolute Gasteiger partial charge is 0.325 e. The lowest BCUT2D eigenvalue weighted by atomic mass is 9.77. The van der Waals surface area contributed by atoms with Gasteiger partial charge in [0, 0.05) is 11.5 Å². The fourth-order valence-electron chi connectivity index (χ4n) is 2.67. The van der Waals surface area contributed by atoms with Crippen LogP contribution in [0.1, 0.15) is 38.2 Å². The minimum atomic E-state index is -3.14. The Bertz CT molecular complexity index is 518. The molecule has 0 amide bonds. The van der Waals surface area contributed by atoms with Gasteiger partial charge in [-0.25, -0.2) is 8.42 Å². The van der Waals surface area contributed by atoms with E-state index in [1.54, 1.807) is 12.1 Å². The number of nitrogens with two attached hydrogens (primary N) is 1. The fourth-order valence-corrected chi connectivity index (χ4v) is 4.65. The predicted octanol–water partition coefficient (Wildman–Crippen LogP) is 2.08. The van der Waals surface area contributed by atoms with Crippen molar-refractivity contribution in [3.63, 3.8) is 0 Å². The Kier molecular flexibility index (Phi) is 3.04. The van der Waals surface area contributed by atoms with Gasteiger partial charge in [-0.2, -0.15) is 0 Å². The third-order valence-electron chi connectivity index (χ3n) is 4.03. The first-order chi connectivity index (χ1) is 7.94. The van der Waals surface area contributed by atoms with E-state index in [1.807, 2.05) is 26.0 Å². The van der Waals surface area contributed by atoms with Crippen molar-refractivity contribution in [2.75, 3.05) is 5.75 Å². The second kappa shape index (κ2) is 4.10. The minimum Gasteiger partial charge on any atom is -0.325 e. The Balaban J connectivity index is 2.56. The average molecular weight is 253 g/mol. The van der Waals surface area contributed by atoms with Crippen LogP contribution in [0.5, 0.6) is 0 Å². The van der Waals surface area contributed by atoms with E-state index in [9.17, 15) is 8.42 Å². The summed E-state index contributed by atoms with van der Waals surface area (Å²) in [4.78, 5) is 0.474. The number of benzene rings is 1. The van der Waals surface area contributed by atoms with Crippen molar-refractivity contribution >= 4 is 9.84 Å². The van der Waals surface area contributed by atoms with Crippen LogP contribution in [-0.4, -0.2) is 19.7 Å². The molecule has 0 radical (unpaired) electrons. The van der Waals surface area contributed by atoms with Gasteiger partial charge >= 0.3 is 0 Å². The van der Waals surface area contributed by atoms with Gasteiger partial charge in [-0.3, -0.25) is 0 Å². The summed E-state index contributed by atoms with van der Waals surface area (Å²) in [5, 5.41) is 0. The van der Waals surface area contributed by atoms with E-state index in [4.69, 9.17) is 5.73 Å². The molecule has 1 aliphatic rings. The van der Waals surface area contributed by atoms with Gasteiger partial charge in [0.15, 0.2) is 9.84 Å². The summed E-state index contributed by atoms with van der Waals surface area (Å²) in [6.07, 6.45) is 1.58. The molecule has 0 bridgehead atoms. The van der Waals surface area contributed by atoms with Crippen LogP contribution < -0.4 is 5.73 Å². The van der Waals surface area contributed by atoms with Gasteiger partial charge in [0.25, 0.3) is 0 Å². The highest BCUT2D eigenvalue weighted by atomic mass is 32.2. The Morgan fingerprint density at radius 3 is 2.47 bits per heavy atom. The third kappa shape index (κ3) is 1.89. The molecule has 17 heavy (non-hydrogen) atoms. The smallest absolute Gasteiger partial charge is 0.179 e. The first-order valence-electron chi connectivity index (χ1n) is 6.05. The van der Waals surface area contributed by atoms with E-state index in [1.165, 1.54) is 0 Å². The molecule has 1 heterocycles.